The highest BCUT2D eigenvalue weighted by Crippen LogP contribution is 2.29. The lowest BCUT2D eigenvalue weighted by Gasteiger charge is -2.17. The van der Waals surface area contributed by atoms with Gasteiger partial charge in [-0.3, -0.25) is 4.79 Å². The zero-order valence-electron chi connectivity index (χ0n) is 14.8. The molecule has 0 aliphatic carbocycles. The molecule has 0 saturated carbocycles. The van der Waals surface area contributed by atoms with Crippen LogP contribution in [0.25, 0.3) is 10.9 Å². The van der Waals surface area contributed by atoms with Crippen molar-refractivity contribution in [1.29, 1.82) is 0 Å². The molecule has 138 valence electrons. The predicted octanol–water partition coefficient (Wildman–Crippen LogP) is 5.60. The van der Waals surface area contributed by atoms with Gasteiger partial charge in [-0.1, -0.05) is 72.3 Å². The molecule has 4 aromatic rings. The summed E-state index contributed by atoms with van der Waals surface area (Å²) in [6.45, 7) is 0. The Morgan fingerprint density at radius 3 is 2.29 bits per heavy atom. The number of hydrogen-bond acceptors (Lipinski definition) is 3. The van der Waals surface area contributed by atoms with Crippen LogP contribution in [0.3, 0.4) is 0 Å². The minimum Gasteiger partial charge on any atom is -0.445 e. The number of esters is 1. The van der Waals surface area contributed by atoms with Crippen LogP contribution >= 0.6 is 11.6 Å². The Balaban J connectivity index is 1.73. The van der Waals surface area contributed by atoms with Crippen LogP contribution in [-0.4, -0.2) is 16.7 Å². The van der Waals surface area contributed by atoms with Gasteiger partial charge in [0, 0.05) is 28.2 Å². The first kappa shape index (κ1) is 18.0. The highest BCUT2D eigenvalue weighted by molar-refractivity contribution is 6.33. The van der Waals surface area contributed by atoms with Crippen LogP contribution in [0.4, 0.5) is 0 Å². The van der Waals surface area contributed by atoms with Gasteiger partial charge in [0.15, 0.2) is 6.10 Å². The summed E-state index contributed by atoms with van der Waals surface area (Å²) < 4.78 is 5.65. The number of nitrogens with one attached hydrogen (secondary N) is 1. The van der Waals surface area contributed by atoms with E-state index in [1.54, 1.807) is 54.7 Å². The Labute approximate surface area is 166 Å². The number of H-pyrrole nitrogens is 1. The molecule has 1 aromatic heterocycles. The van der Waals surface area contributed by atoms with Crippen LogP contribution in [0.15, 0.2) is 85.1 Å². The maximum absolute atomic E-state index is 13.3. The summed E-state index contributed by atoms with van der Waals surface area (Å²) >= 11 is 6.12. The van der Waals surface area contributed by atoms with E-state index in [4.69, 9.17) is 16.3 Å². The summed E-state index contributed by atoms with van der Waals surface area (Å²) in [5.41, 5.74) is 2.13. The first-order valence-corrected chi connectivity index (χ1v) is 9.14. The third-order valence-corrected chi connectivity index (χ3v) is 4.84. The number of ketones is 1. The second kappa shape index (κ2) is 7.71. The molecule has 4 nitrogen and oxygen atoms in total. The highest BCUT2D eigenvalue weighted by Gasteiger charge is 2.29. The standard InChI is InChI=1S/C23H16ClNO3/c24-19-12-6-4-11-17(19)23(27)28-22(15-8-2-1-3-9-15)21(26)18-14-25-20-13-7-5-10-16(18)20/h1-14,22,25H/t22-/m0/s1. The molecular formula is C23H16ClNO3. The molecule has 4 rings (SSSR count). The summed E-state index contributed by atoms with van der Waals surface area (Å²) in [6, 6.07) is 23.1. The number of Topliss-reactive ketones (excluding diaryl/α,β-unsaturated/α-hetero) is 1. The molecule has 3 aromatic carbocycles. The second-order valence-corrected chi connectivity index (χ2v) is 6.70. The van der Waals surface area contributed by atoms with Crippen molar-refractivity contribution in [3.63, 3.8) is 0 Å². The van der Waals surface area contributed by atoms with Crippen molar-refractivity contribution in [2.75, 3.05) is 0 Å². The average molecular weight is 390 g/mol. The van der Waals surface area contributed by atoms with E-state index in [1.165, 1.54) is 0 Å². The van der Waals surface area contributed by atoms with Gasteiger partial charge in [0.25, 0.3) is 0 Å². The maximum atomic E-state index is 13.3. The quantitative estimate of drug-likeness (QED) is 0.357. The summed E-state index contributed by atoms with van der Waals surface area (Å²) in [5.74, 6) is -0.948. The van der Waals surface area contributed by atoms with E-state index in [0.29, 0.717) is 11.1 Å². The van der Waals surface area contributed by atoms with Gasteiger partial charge in [-0.05, 0) is 18.2 Å². The summed E-state index contributed by atoms with van der Waals surface area (Å²) in [5, 5.41) is 1.06. The first-order valence-electron chi connectivity index (χ1n) is 8.76. The Bertz CT molecular complexity index is 1150. The van der Waals surface area contributed by atoms with E-state index in [9.17, 15) is 9.59 Å². The first-order chi connectivity index (χ1) is 13.6. The minimum atomic E-state index is -1.08. The van der Waals surface area contributed by atoms with Crippen molar-refractivity contribution in [2.24, 2.45) is 0 Å². The number of carbonyl (C=O) groups excluding carboxylic acids is 2. The predicted molar refractivity (Wildman–Crippen MR) is 109 cm³/mol. The number of hydrogen-bond donors (Lipinski definition) is 1. The van der Waals surface area contributed by atoms with Crippen molar-refractivity contribution in [3.05, 3.63) is 107 Å². The number of fused-ring (bicyclic) bond motifs is 1. The van der Waals surface area contributed by atoms with E-state index in [-0.39, 0.29) is 16.4 Å². The van der Waals surface area contributed by atoms with E-state index in [1.807, 2.05) is 30.3 Å². The van der Waals surface area contributed by atoms with E-state index >= 15 is 0 Å². The van der Waals surface area contributed by atoms with Crippen molar-refractivity contribution in [1.82, 2.24) is 4.98 Å². The smallest absolute Gasteiger partial charge is 0.340 e. The summed E-state index contributed by atoms with van der Waals surface area (Å²) in [7, 11) is 0. The topological polar surface area (TPSA) is 59.2 Å². The molecule has 1 atom stereocenters. The molecule has 1 heterocycles. The SMILES string of the molecule is O=C(O[C@H](C(=O)c1c[nH]c2ccccc12)c1ccccc1)c1ccccc1Cl. The third-order valence-electron chi connectivity index (χ3n) is 4.51. The van der Waals surface area contributed by atoms with Gasteiger partial charge in [-0.15, -0.1) is 0 Å². The number of halogens is 1. The lowest BCUT2D eigenvalue weighted by Crippen LogP contribution is -2.20. The molecule has 0 saturated heterocycles. The number of aromatic nitrogens is 1. The van der Waals surface area contributed by atoms with Gasteiger partial charge in [0.05, 0.1) is 10.6 Å². The fraction of sp³-hybridized carbons (Fsp3) is 0.0435. The Hall–Kier alpha value is -3.37. The number of aromatic amines is 1. The third kappa shape index (κ3) is 3.42. The fourth-order valence-corrected chi connectivity index (χ4v) is 3.33. The van der Waals surface area contributed by atoms with Crippen LogP contribution < -0.4 is 0 Å². The minimum absolute atomic E-state index is 0.219. The Morgan fingerprint density at radius 2 is 1.50 bits per heavy atom. The van der Waals surface area contributed by atoms with Crippen LogP contribution in [-0.2, 0) is 4.74 Å². The molecule has 0 fully saturated rings. The second-order valence-electron chi connectivity index (χ2n) is 6.29. The summed E-state index contributed by atoms with van der Waals surface area (Å²) in [6.07, 6.45) is 0.566. The number of rotatable bonds is 5. The van der Waals surface area contributed by atoms with Crippen molar-refractivity contribution in [2.45, 2.75) is 6.10 Å². The van der Waals surface area contributed by atoms with Crippen molar-refractivity contribution in [3.8, 4) is 0 Å². The maximum Gasteiger partial charge on any atom is 0.340 e. The zero-order valence-corrected chi connectivity index (χ0v) is 15.5. The number of para-hydroxylation sites is 1. The van der Waals surface area contributed by atoms with E-state index in [0.717, 1.165) is 10.9 Å². The number of ether oxygens (including phenoxy) is 1. The van der Waals surface area contributed by atoms with Crippen LogP contribution in [0, 0.1) is 0 Å². The van der Waals surface area contributed by atoms with E-state index in [2.05, 4.69) is 4.98 Å². The highest BCUT2D eigenvalue weighted by atomic mass is 35.5. The van der Waals surface area contributed by atoms with Crippen molar-refractivity contribution < 1.29 is 14.3 Å². The summed E-state index contributed by atoms with van der Waals surface area (Å²) in [4.78, 5) is 29.1. The number of benzene rings is 3. The zero-order chi connectivity index (χ0) is 19.5. The largest absolute Gasteiger partial charge is 0.445 e. The van der Waals surface area contributed by atoms with Gasteiger partial charge in [0.1, 0.15) is 0 Å². The Kier molecular flexibility index (Phi) is 4.96. The lowest BCUT2D eigenvalue weighted by atomic mass is 9.99. The molecule has 1 N–H and O–H groups in total. The van der Waals surface area contributed by atoms with Crippen LogP contribution in [0.2, 0.25) is 5.02 Å². The normalized spacial score (nSPS) is 11.9. The molecule has 0 aliphatic heterocycles. The van der Waals surface area contributed by atoms with Crippen molar-refractivity contribution >= 4 is 34.3 Å². The molecule has 5 heteroatoms. The molecular weight excluding hydrogens is 374 g/mol. The molecule has 0 amide bonds. The fourth-order valence-electron chi connectivity index (χ4n) is 3.11. The Morgan fingerprint density at radius 1 is 0.821 bits per heavy atom. The van der Waals surface area contributed by atoms with Gasteiger partial charge in [0.2, 0.25) is 5.78 Å². The van der Waals surface area contributed by atoms with Crippen LogP contribution in [0.5, 0.6) is 0 Å². The van der Waals surface area contributed by atoms with Crippen LogP contribution in [0.1, 0.15) is 32.4 Å². The van der Waals surface area contributed by atoms with Gasteiger partial charge in [-0.25, -0.2) is 4.79 Å². The van der Waals surface area contributed by atoms with Gasteiger partial charge >= 0.3 is 5.97 Å². The molecule has 0 spiro atoms. The molecule has 0 bridgehead atoms. The number of carbonyl (C=O) groups is 2. The molecule has 0 aliphatic rings. The molecule has 28 heavy (non-hydrogen) atoms. The van der Waals surface area contributed by atoms with E-state index < -0.39 is 12.1 Å². The molecule has 0 unspecified atom stereocenters. The van der Waals surface area contributed by atoms with Gasteiger partial charge < -0.3 is 9.72 Å². The molecule has 0 radical (unpaired) electrons. The monoisotopic (exact) mass is 389 g/mol. The average Bonchev–Trinajstić information content (AvgIpc) is 3.16. The van der Waals surface area contributed by atoms with Gasteiger partial charge in [-0.2, -0.15) is 0 Å². The lowest BCUT2D eigenvalue weighted by molar-refractivity contribution is 0.0281.